The standard InChI is InChI=1S/C12H21N3/c1-12(6-3-7-12)10-13-8-4-11-5-9-14-15(11)2/h5,9,13H,3-4,6-8,10H2,1-2H3. The van der Waals surface area contributed by atoms with Gasteiger partial charge in [0.2, 0.25) is 0 Å². The molecule has 1 aliphatic carbocycles. The molecule has 0 atom stereocenters. The fraction of sp³-hybridized carbons (Fsp3) is 0.750. The molecule has 1 aliphatic rings. The third-order valence-corrected chi connectivity index (χ3v) is 3.59. The number of nitrogens with one attached hydrogen (secondary N) is 1. The molecule has 0 radical (unpaired) electrons. The summed E-state index contributed by atoms with van der Waals surface area (Å²) >= 11 is 0. The van der Waals surface area contributed by atoms with Crippen molar-refractivity contribution in [2.24, 2.45) is 12.5 Å². The second-order valence-electron chi connectivity index (χ2n) is 5.04. The highest BCUT2D eigenvalue weighted by atomic mass is 15.3. The molecule has 1 aromatic rings. The van der Waals surface area contributed by atoms with Crippen LogP contribution in [-0.2, 0) is 13.5 Å². The van der Waals surface area contributed by atoms with E-state index in [-0.39, 0.29) is 0 Å². The van der Waals surface area contributed by atoms with E-state index >= 15 is 0 Å². The van der Waals surface area contributed by atoms with Crippen LogP contribution in [0.1, 0.15) is 31.9 Å². The zero-order valence-corrected chi connectivity index (χ0v) is 9.79. The van der Waals surface area contributed by atoms with E-state index in [1.165, 1.54) is 31.5 Å². The molecular weight excluding hydrogens is 186 g/mol. The molecule has 1 saturated carbocycles. The molecule has 1 heterocycles. The summed E-state index contributed by atoms with van der Waals surface area (Å²) in [5, 5.41) is 7.71. The van der Waals surface area contributed by atoms with Crippen LogP contribution in [0.25, 0.3) is 0 Å². The molecule has 0 bridgehead atoms. The third kappa shape index (κ3) is 2.59. The minimum Gasteiger partial charge on any atom is -0.316 e. The molecule has 2 rings (SSSR count). The van der Waals surface area contributed by atoms with Crippen LogP contribution >= 0.6 is 0 Å². The molecule has 0 aromatic carbocycles. The second kappa shape index (κ2) is 4.35. The Labute approximate surface area is 91.9 Å². The number of aryl methyl sites for hydroxylation is 1. The fourth-order valence-corrected chi connectivity index (χ4v) is 2.21. The highest BCUT2D eigenvalue weighted by Crippen LogP contribution is 2.39. The van der Waals surface area contributed by atoms with Gasteiger partial charge >= 0.3 is 0 Å². The van der Waals surface area contributed by atoms with Crippen molar-refractivity contribution in [3.05, 3.63) is 18.0 Å². The number of hydrogen-bond donors (Lipinski definition) is 1. The van der Waals surface area contributed by atoms with Crippen molar-refractivity contribution in [3.63, 3.8) is 0 Å². The Kier molecular flexibility index (Phi) is 3.10. The van der Waals surface area contributed by atoms with E-state index in [0.717, 1.165) is 13.0 Å². The van der Waals surface area contributed by atoms with E-state index < -0.39 is 0 Å². The van der Waals surface area contributed by atoms with Gasteiger partial charge in [-0.2, -0.15) is 5.10 Å². The average Bonchev–Trinajstić information content (AvgIpc) is 2.56. The Bertz CT molecular complexity index is 312. The summed E-state index contributed by atoms with van der Waals surface area (Å²) in [7, 11) is 2.00. The van der Waals surface area contributed by atoms with Crippen LogP contribution in [-0.4, -0.2) is 22.9 Å². The van der Waals surface area contributed by atoms with E-state index in [0.29, 0.717) is 5.41 Å². The first-order valence-electron chi connectivity index (χ1n) is 5.87. The monoisotopic (exact) mass is 207 g/mol. The van der Waals surface area contributed by atoms with Gasteiger partial charge in [0, 0.05) is 38.4 Å². The quantitative estimate of drug-likeness (QED) is 0.745. The molecule has 1 fully saturated rings. The summed E-state index contributed by atoms with van der Waals surface area (Å²) < 4.78 is 1.95. The second-order valence-corrected chi connectivity index (χ2v) is 5.04. The van der Waals surface area contributed by atoms with Crippen molar-refractivity contribution in [2.75, 3.05) is 13.1 Å². The summed E-state index contributed by atoms with van der Waals surface area (Å²) in [6, 6.07) is 2.09. The topological polar surface area (TPSA) is 29.9 Å². The van der Waals surface area contributed by atoms with Crippen LogP contribution in [0.2, 0.25) is 0 Å². The first-order chi connectivity index (χ1) is 7.20. The summed E-state index contributed by atoms with van der Waals surface area (Å²) in [4.78, 5) is 0. The maximum absolute atomic E-state index is 4.16. The molecule has 0 unspecified atom stereocenters. The predicted octanol–water partition coefficient (Wildman–Crippen LogP) is 1.74. The van der Waals surface area contributed by atoms with Crippen molar-refractivity contribution in [1.29, 1.82) is 0 Å². The van der Waals surface area contributed by atoms with Crippen molar-refractivity contribution in [1.82, 2.24) is 15.1 Å². The maximum Gasteiger partial charge on any atom is 0.0492 e. The largest absolute Gasteiger partial charge is 0.316 e. The number of rotatable bonds is 5. The summed E-state index contributed by atoms with van der Waals surface area (Å²) in [6.45, 7) is 4.62. The number of aromatic nitrogens is 2. The van der Waals surface area contributed by atoms with Crippen LogP contribution in [0.3, 0.4) is 0 Å². The molecule has 1 aromatic heterocycles. The summed E-state index contributed by atoms with van der Waals surface area (Å²) in [5.74, 6) is 0. The van der Waals surface area contributed by atoms with E-state index in [9.17, 15) is 0 Å². The van der Waals surface area contributed by atoms with E-state index in [4.69, 9.17) is 0 Å². The molecule has 0 amide bonds. The van der Waals surface area contributed by atoms with E-state index in [1.807, 2.05) is 17.9 Å². The molecule has 1 N–H and O–H groups in total. The Morgan fingerprint density at radius 1 is 1.53 bits per heavy atom. The lowest BCUT2D eigenvalue weighted by molar-refractivity contribution is 0.157. The van der Waals surface area contributed by atoms with Crippen LogP contribution in [0, 0.1) is 5.41 Å². The van der Waals surface area contributed by atoms with E-state index in [2.05, 4.69) is 23.4 Å². The first-order valence-corrected chi connectivity index (χ1v) is 5.87. The zero-order valence-electron chi connectivity index (χ0n) is 9.79. The van der Waals surface area contributed by atoms with Gasteiger partial charge in [0.05, 0.1) is 0 Å². The van der Waals surface area contributed by atoms with Crippen molar-refractivity contribution in [2.45, 2.75) is 32.6 Å². The molecule has 0 saturated heterocycles. The van der Waals surface area contributed by atoms with Gasteiger partial charge in [0.15, 0.2) is 0 Å². The molecule has 0 spiro atoms. The minimum absolute atomic E-state index is 0.590. The summed E-state index contributed by atoms with van der Waals surface area (Å²) in [5.41, 5.74) is 1.90. The Morgan fingerprint density at radius 3 is 2.87 bits per heavy atom. The Hall–Kier alpha value is -0.830. The molecule has 0 aliphatic heterocycles. The van der Waals surface area contributed by atoms with Gasteiger partial charge in [-0.1, -0.05) is 13.3 Å². The number of hydrogen-bond acceptors (Lipinski definition) is 2. The normalized spacial score (nSPS) is 18.8. The molecule has 15 heavy (non-hydrogen) atoms. The smallest absolute Gasteiger partial charge is 0.0492 e. The summed E-state index contributed by atoms with van der Waals surface area (Å²) in [6.07, 6.45) is 7.15. The first kappa shape index (κ1) is 10.7. The van der Waals surface area contributed by atoms with Gasteiger partial charge in [-0.25, -0.2) is 0 Å². The molecule has 3 heteroatoms. The highest BCUT2D eigenvalue weighted by Gasteiger charge is 2.30. The molecule has 84 valence electrons. The van der Waals surface area contributed by atoms with Gasteiger partial charge in [-0.3, -0.25) is 4.68 Å². The van der Waals surface area contributed by atoms with Crippen molar-refractivity contribution in [3.8, 4) is 0 Å². The highest BCUT2D eigenvalue weighted by molar-refractivity contribution is 5.00. The lowest BCUT2D eigenvalue weighted by Gasteiger charge is -2.38. The molecule has 3 nitrogen and oxygen atoms in total. The van der Waals surface area contributed by atoms with Crippen LogP contribution in [0.5, 0.6) is 0 Å². The van der Waals surface area contributed by atoms with Crippen LogP contribution in [0.15, 0.2) is 12.3 Å². The lowest BCUT2D eigenvalue weighted by atomic mass is 9.70. The zero-order chi connectivity index (χ0) is 10.7. The van der Waals surface area contributed by atoms with Gasteiger partial charge in [-0.05, 0) is 24.3 Å². The Morgan fingerprint density at radius 2 is 2.33 bits per heavy atom. The minimum atomic E-state index is 0.590. The van der Waals surface area contributed by atoms with Gasteiger partial charge in [0.25, 0.3) is 0 Å². The third-order valence-electron chi connectivity index (χ3n) is 3.59. The van der Waals surface area contributed by atoms with Gasteiger partial charge < -0.3 is 5.32 Å². The predicted molar refractivity (Wildman–Crippen MR) is 61.7 cm³/mol. The van der Waals surface area contributed by atoms with Crippen molar-refractivity contribution < 1.29 is 0 Å². The lowest BCUT2D eigenvalue weighted by Crippen LogP contribution is -2.38. The molecular formula is C12H21N3. The Balaban J connectivity index is 1.65. The fourth-order valence-electron chi connectivity index (χ4n) is 2.21. The van der Waals surface area contributed by atoms with Crippen LogP contribution < -0.4 is 5.32 Å². The van der Waals surface area contributed by atoms with Crippen LogP contribution in [0.4, 0.5) is 0 Å². The SMILES string of the molecule is Cn1nccc1CCNCC1(C)CCC1. The van der Waals surface area contributed by atoms with Gasteiger partial charge in [0.1, 0.15) is 0 Å². The number of nitrogens with zero attached hydrogens (tertiary/aromatic N) is 2. The van der Waals surface area contributed by atoms with Crippen molar-refractivity contribution >= 4 is 0 Å². The maximum atomic E-state index is 4.16. The van der Waals surface area contributed by atoms with E-state index in [1.54, 1.807) is 0 Å². The average molecular weight is 207 g/mol. The van der Waals surface area contributed by atoms with Gasteiger partial charge in [-0.15, -0.1) is 0 Å².